The van der Waals surface area contributed by atoms with Crippen LogP contribution in [0.1, 0.15) is 21.6 Å². The number of aromatic nitrogens is 1. The first-order valence-electron chi connectivity index (χ1n) is 5.67. The van der Waals surface area contributed by atoms with Gasteiger partial charge in [0.05, 0.1) is 0 Å². The molecule has 0 saturated carbocycles. The molecule has 0 atom stereocenters. The Kier molecular flexibility index (Phi) is 3.28. The molecule has 0 aliphatic carbocycles. The molecule has 0 spiro atoms. The molecule has 0 radical (unpaired) electrons. The number of rotatable bonds is 2. The van der Waals surface area contributed by atoms with Crippen molar-refractivity contribution in [3.63, 3.8) is 0 Å². The first-order chi connectivity index (χ1) is 8.56. The van der Waals surface area contributed by atoms with Crippen LogP contribution in [0.15, 0.2) is 36.4 Å². The number of amides is 1. The molecule has 92 valence electrons. The van der Waals surface area contributed by atoms with E-state index in [2.05, 4.69) is 10.3 Å². The minimum Gasteiger partial charge on any atom is -0.384 e. The van der Waals surface area contributed by atoms with Crippen LogP contribution in [0.3, 0.4) is 0 Å². The standard InChI is InChI=1S/C14H15N3O/c1-9-6-7-10(2)12(8-9)17-14(18)11-4-3-5-13(15)16-11/h3-8H,1-2H3,(H2,15,16)(H,17,18). The molecule has 0 aliphatic heterocycles. The van der Waals surface area contributed by atoms with Crippen LogP contribution in [0.25, 0.3) is 0 Å². The maximum Gasteiger partial charge on any atom is 0.274 e. The van der Waals surface area contributed by atoms with Gasteiger partial charge in [0.15, 0.2) is 0 Å². The molecule has 2 rings (SSSR count). The summed E-state index contributed by atoms with van der Waals surface area (Å²) >= 11 is 0. The summed E-state index contributed by atoms with van der Waals surface area (Å²) in [6.07, 6.45) is 0. The molecule has 1 aromatic carbocycles. The van der Waals surface area contributed by atoms with E-state index in [9.17, 15) is 4.79 Å². The number of carbonyl (C=O) groups excluding carboxylic acids is 1. The minimum atomic E-state index is -0.254. The third kappa shape index (κ3) is 2.66. The number of benzene rings is 1. The zero-order chi connectivity index (χ0) is 13.1. The second kappa shape index (κ2) is 4.87. The minimum absolute atomic E-state index is 0.254. The van der Waals surface area contributed by atoms with Crippen molar-refractivity contribution >= 4 is 17.4 Å². The summed E-state index contributed by atoms with van der Waals surface area (Å²) in [6, 6.07) is 10.9. The number of hydrogen-bond acceptors (Lipinski definition) is 3. The zero-order valence-electron chi connectivity index (χ0n) is 10.4. The van der Waals surface area contributed by atoms with Crippen LogP contribution in [0.5, 0.6) is 0 Å². The Labute approximate surface area is 106 Å². The highest BCUT2D eigenvalue weighted by atomic mass is 16.1. The van der Waals surface area contributed by atoms with Gasteiger partial charge in [-0.1, -0.05) is 18.2 Å². The summed E-state index contributed by atoms with van der Waals surface area (Å²) in [5.41, 5.74) is 8.77. The number of aryl methyl sites for hydroxylation is 2. The Morgan fingerprint density at radius 1 is 1.22 bits per heavy atom. The molecule has 4 nitrogen and oxygen atoms in total. The van der Waals surface area contributed by atoms with E-state index in [-0.39, 0.29) is 5.91 Å². The number of nitrogen functional groups attached to an aromatic ring is 1. The Bertz CT molecular complexity index is 593. The van der Waals surface area contributed by atoms with E-state index in [1.54, 1.807) is 18.2 Å². The molecular formula is C14H15N3O. The Morgan fingerprint density at radius 3 is 2.72 bits per heavy atom. The summed E-state index contributed by atoms with van der Waals surface area (Å²) in [5.74, 6) is 0.0830. The molecule has 2 aromatic rings. The van der Waals surface area contributed by atoms with Gasteiger partial charge in [-0.3, -0.25) is 4.79 Å². The van der Waals surface area contributed by atoms with E-state index in [4.69, 9.17) is 5.73 Å². The number of pyridine rings is 1. The highest BCUT2D eigenvalue weighted by Crippen LogP contribution is 2.17. The lowest BCUT2D eigenvalue weighted by molar-refractivity contribution is 0.102. The number of carbonyl (C=O) groups is 1. The second-order valence-corrected chi connectivity index (χ2v) is 4.22. The molecule has 3 N–H and O–H groups in total. The number of nitrogens with one attached hydrogen (secondary N) is 1. The number of nitrogens with zero attached hydrogens (tertiary/aromatic N) is 1. The summed E-state index contributed by atoms with van der Waals surface area (Å²) in [5, 5.41) is 2.84. The van der Waals surface area contributed by atoms with Gasteiger partial charge < -0.3 is 11.1 Å². The monoisotopic (exact) mass is 241 g/mol. The Morgan fingerprint density at radius 2 is 2.00 bits per heavy atom. The van der Waals surface area contributed by atoms with Crippen molar-refractivity contribution in [3.8, 4) is 0 Å². The fraction of sp³-hybridized carbons (Fsp3) is 0.143. The molecule has 0 saturated heterocycles. The van der Waals surface area contributed by atoms with Crippen LogP contribution in [0.2, 0.25) is 0 Å². The number of nitrogens with two attached hydrogens (primary N) is 1. The average molecular weight is 241 g/mol. The Balaban J connectivity index is 2.24. The van der Waals surface area contributed by atoms with Crippen LogP contribution < -0.4 is 11.1 Å². The fourth-order valence-corrected chi connectivity index (χ4v) is 1.63. The van der Waals surface area contributed by atoms with Gasteiger partial charge in [-0.05, 0) is 43.2 Å². The van der Waals surface area contributed by atoms with Gasteiger partial charge in [0.1, 0.15) is 11.5 Å². The van der Waals surface area contributed by atoms with E-state index in [0.29, 0.717) is 11.5 Å². The first kappa shape index (κ1) is 12.1. The quantitative estimate of drug-likeness (QED) is 0.849. The molecule has 0 fully saturated rings. The van der Waals surface area contributed by atoms with E-state index in [0.717, 1.165) is 16.8 Å². The maximum atomic E-state index is 12.0. The van der Waals surface area contributed by atoms with Gasteiger partial charge in [0.25, 0.3) is 5.91 Å². The predicted octanol–water partition coefficient (Wildman–Crippen LogP) is 2.53. The zero-order valence-corrected chi connectivity index (χ0v) is 10.4. The van der Waals surface area contributed by atoms with Crippen LogP contribution in [0.4, 0.5) is 11.5 Å². The molecule has 0 aliphatic rings. The fourth-order valence-electron chi connectivity index (χ4n) is 1.63. The van der Waals surface area contributed by atoms with Gasteiger partial charge in [0, 0.05) is 5.69 Å². The van der Waals surface area contributed by atoms with Gasteiger partial charge in [-0.15, -0.1) is 0 Å². The van der Waals surface area contributed by atoms with Crippen LogP contribution in [0, 0.1) is 13.8 Å². The summed E-state index contributed by atoms with van der Waals surface area (Å²) < 4.78 is 0. The smallest absolute Gasteiger partial charge is 0.274 e. The van der Waals surface area contributed by atoms with Crippen LogP contribution in [-0.4, -0.2) is 10.9 Å². The van der Waals surface area contributed by atoms with E-state index < -0.39 is 0 Å². The topological polar surface area (TPSA) is 68.0 Å². The molecule has 18 heavy (non-hydrogen) atoms. The molecule has 1 amide bonds. The SMILES string of the molecule is Cc1ccc(C)c(NC(=O)c2cccc(N)n2)c1. The number of anilines is 2. The largest absolute Gasteiger partial charge is 0.384 e. The lowest BCUT2D eigenvalue weighted by Gasteiger charge is -2.09. The maximum absolute atomic E-state index is 12.0. The van der Waals surface area contributed by atoms with Gasteiger partial charge in [-0.2, -0.15) is 0 Å². The van der Waals surface area contributed by atoms with Crippen LogP contribution in [-0.2, 0) is 0 Å². The normalized spacial score (nSPS) is 10.1. The molecule has 0 unspecified atom stereocenters. The average Bonchev–Trinajstić information content (AvgIpc) is 2.34. The van der Waals surface area contributed by atoms with Crippen molar-refractivity contribution in [2.75, 3.05) is 11.1 Å². The van der Waals surface area contributed by atoms with Gasteiger partial charge in [-0.25, -0.2) is 4.98 Å². The lowest BCUT2D eigenvalue weighted by Crippen LogP contribution is -2.15. The summed E-state index contributed by atoms with van der Waals surface area (Å²) in [6.45, 7) is 3.93. The second-order valence-electron chi connectivity index (χ2n) is 4.22. The van der Waals surface area contributed by atoms with Gasteiger partial charge in [0.2, 0.25) is 0 Å². The van der Waals surface area contributed by atoms with Gasteiger partial charge >= 0.3 is 0 Å². The third-order valence-corrected chi connectivity index (χ3v) is 2.64. The van der Waals surface area contributed by atoms with Crippen molar-refractivity contribution in [3.05, 3.63) is 53.2 Å². The summed E-state index contributed by atoms with van der Waals surface area (Å²) in [7, 11) is 0. The van der Waals surface area contributed by atoms with Crippen molar-refractivity contribution in [2.24, 2.45) is 0 Å². The van der Waals surface area contributed by atoms with Crippen molar-refractivity contribution in [2.45, 2.75) is 13.8 Å². The molecule has 4 heteroatoms. The van der Waals surface area contributed by atoms with Crippen molar-refractivity contribution in [1.82, 2.24) is 4.98 Å². The highest BCUT2D eigenvalue weighted by Gasteiger charge is 2.09. The molecule has 1 aromatic heterocycles. The molecular weight excluding hydrogens is 226 g/mol. The molecule has 1 heterocycles. The van der Waals surface area contributed by atoms with E-state index in [1.165, 1.54) is 0 Å². The predicted molar refractivity (Wildman–Crippen MR) is 72.5 cm³/mol. The number of hydrogen-bond donors (Lipinski definition) is 2. The lowest BCUT2D eigenvalue weighted by atomic mass is 10.1. The third-order valence-electron chi connectivity index (χ3n) is 2.64. The van der Waals surface area contributed by atoms with E-state index >= 15 is 0 Å². The van der Waals surface area contributed by atoms with Crippen molar-refractivity contribution < 1.29 is 4.79 Å². The van der Waals surface area contributed by atoms with Crippen LogP contribution >= 0.6 is 0 Å². The molecule has 0 bridgehead atoms. The first-order valence-corrected chi connectivity index (χ1v) is 5.67. The summed E-state index contributed by atoms with van der Waals surface area (Å²) in [4.78, 5) is 16.0. The highest BCUT2D eigenvalue weighted by molar-refractivity contribution is 6.03. The Hall–Kier alpha value is -2.36. The van der Waals surface area contributed by atoms with E-state index in [1.807, 2.05) is 32.0 Å². The van der Waals surface area contributed by atoms with Crippen molar-refractivity contribution in [1.29, 1.82) is 0 Å².